The number of methoxy groups -OCH3 is 2. The highest BCUT2D eigenvalue weighted by Crippen LogP contribution is 2.36. The molecule has 0 aliphatic heterocycles. The van der Waals surface area contributed by atoms with Crippen LogP contribution in [0.1, 0.15) is 5.56 Å². The zero-order valence-corrected chi connectivity index (χ0v) is 11.7. The number of benzene rings is 1. The van der Waals surface area contributed by atoms with E-state index in [1.165, 1.54) is 0 Å². The standard InChI is InChI=1S/C11H15BrN2O4/c1-16-9-4-7(3-8(12)11(9)17-2)5-14-18-6-10(13)15/h3-4,14H,5-6H2,1-2H3,(H2,13,15). The molecule has 0 radical (unpaired) electrons. The van der Waals surface area contributed by atoms with Crippen LogP contribution < -0.4 is 20.7 Å². The number of hydroxylamine groups is 1. The van der Waals surface area contributed by atoms with Crippen molar-refractivity contribution in [2.24, 2.45) is 5.73 Å². The van der Waals surface area contributed by atoms with Crippen molar-refractivity contribution >= 4 is 21.8 Å². The number of amides is 1. The maximum atomic E-state index is 10.5. The average Bonchev–Trinajstić information content (AvgIpc) is 2.33. The Labute approximate surface area is 113 Å². The highest BCUT2D eigenvalue weighted by molar-refractivity contribution is 9.10. The molecule has 1 aromatic carbocycles. The fourth-order valence-electron chi connectivity index (χ4n) is 1.33. The summed E-state index contributed by atoms with van der Waals surface area (Å²) in [5, 5.41) is 0. The lowest BCUT2D eigenvalue weighted by Crippen LogP contribution is -2.24. The Hall–Kier alpha value is -1.31. The fraction of sp³-hybridized carbons (Fsp3) is 0.364. The Morgan fingerprint density at radius 2 is 2.11 bits per heavy atom. The van der Waals surface area contributed by atoms with Gasteiger partial charge in [-0.1, -0.05) is 0 Å². The lowest BCUT2D eigenvalue weighted by atomic mass is 10.2. The number of nitrogens with one attached hydrogen (secondary N) is 1. The molecule has 0 aliphatic rings. The second-order valence-corrected chi connectivity index (χ2v) is 4.24. The Balaban J connectivity index is 2.67. The van der Waals surface area contributed by atoms with Crippen LogP contribution in [0.3, 0.4) is 0 Å². The van der Waals surface area contributed by atoms with Gasteiger partial charge in [0, 0.05) is 6.54 Å². The van der Waals surface area contributed by atoms with E-state index in [0.29, 0.717) is 18.0 Å². The maximum absolute atomic E-state index is 10.5. The van der Waals surface area contributed by atoms with Crippen LogP contribution in [-0.2, 0) is 16.2 Å². The molecule has 0 fully saturated rings. The van der Waals surface area contributed by atoms with Gasteiger partial charge in [-0.05, 0) is 33.6 Å². The van der Waals surface area contributed by atoms with Crippen LogP contribution in [0.15, 0.2) is 16.6 Å². The van der Waals surface area contributed by atoms with Crippen LogP contribution in [0, 0.1) is 0 Å². The van der Waals surface area contributed by atoms with E-state index in [9.17, 15) is 4.79 Å². The zero-order chi connectivity index (χ0) is 13.5. The predicted molar refractivity (Wildman–Crippen MR) is 69.2 cm³/mol. The van der Waals surface area contributed by atoms with Gasteiger partial charge in [-0.3, -0.25) is 9.63 Å². The average molecular weight is 319 g/mol. The molecule has 0 unspecified atom stereocenters. The van der Waals surface area contributed by atoms with Gasteiger partial charge >= 0.3 is 0 Å². The molecule has 0 saturated carbocycles. The second-order valence-electron chi connectivity index (χ2n) is 3.39. The highest BCUT2D eigenvalue weighted by Gasteiger charge is 2.10. The predicted octanol–water partition coefficient (Wildman–Crippen LogP) is 0.973. The molecular weight excluding hydrogens is 304 g/mol. The molecule has 6 nitrogen and oxygen atoms in total. The van der Waals surface area contributed by atoms with E-state index in [-0.39, 0.29) is 6.61 Å². The Kier molecular flexibility index (Phi) is 5.90. The summed E-state index contributed by atoms with van der Waals surface area (Å²) in [6, 6.07) is 3.67. The summed E-state index contributed by atoms with van der Waals surface area (Å²) in [5.41, 5.74) is 8.47. The molecule has 0 aromatic heterocycles. The van der Waals surface area contributed by atoms with E-state index < -0.39 is 5.91 Å². The minimum absolute atomic E-state index is 0.172. The van der Waals surface area contributed by atoms with Crippen LogP contribution >= 0.6 is 15.9 Å². The lowest BCUT2D eigenvalue weighted by molar-refractivity contribution is -0.125. The fourth-order valence-corrected chi connectivity index (χ4v) is 1.98. The minimum Gasteiger partial charge on any atom is -0.493 e. The van der Waals surface area contributed by atoms with Crippen molar-refractivity contribution in [3.8, 4) is 11.5 Å². The number of primary amides is 1. The van der Waals surface area contributed by atoms with Gasteiger partial charge < -0.3 is 15.2 Å². The van der Waals surface area contributed by atoms with Gasteiger partial charge in [0.1, 0.15) is 6.61 Å². The minimum atomic E-state index is -0.531. The number of hydrogen-bond donors (Lipinski definition) is 2. The molecule has 3 N–H and O–H groups in total. The summed E-state index contributed by atoms with van der Waals surface area (Å²) in [6.45, 7) is 0.237. The number of nitrogens with two attached hydrogens (primary N) is 1. The summed E-state index contributed by atoms with van der Waals surface area (Å²) in [6.07, 6.45) is 0. The van der Waals surface area contributed by atoms with Crippen molar-refractivity contribution in [1.82, 2.24) is 5.48 Å². The monoisotopic (exact) mass is 318 g/mol. The SMILES string of the molecule is COc1cc(CNOCC(N)=O)cc(Br)c1OC. The number of ether oxygens (including phenoxy) is 2. The van der Waals surface area contributed by atoms with Gasteiger partial charge in [-0.2, -0.15) is 5.48 Å². The van der Waals surface area contributed by atoms with Gasteiger partial charge in [0.05, 0.1) is 18.7 Å². The molecule has 100 valence electrons. The van der Waals surface area contributed by atoms with E-state index in [1.807, 2.05) is 12.1 Å². The zero-order valence-electron chi connectivity index (χ0n) is 10.2. The van der Waals surface area contributed by atoms with Gasteiger partial charge in [0.25, 0.3) is 0 Å². The molecule has 0 saturated heterocycles. The summed E-state index contributed by atoms with van der Waals surface area (Å²) < 4.78 is 11.2. The molecule has 1 aromatic rings. The normalized spacial score (nSPS) is 10.2. The highest BCUT2D eigenvalue weighted by atomic mass is 79.9. The molecule has 7 heteroatoms. The second kappa shape index (κ2) is 7.20. The molecule has 0 heterocycles. The molecule has 0 bridgehead atoms. The number of hydrogen-bond acceptors (Lipinski definition) is 5. The van der Waals surface area contributed by atoms with Crippen molar-refractivity contribution in [3.63, 3.8) is 0 Å². The first-order valence-corrected chi connectivity index (χ1v) is 5.91. The molecule has 0 aliphatic carbocycles. The molecule has 18 heavy (non-hydrogen) atoms. The van der Waals surface area contributed by atoms with Gasteiger partial charge in [-0.25, -0.2) is 0 Å². The van der Waals surface area contributed by atoms with Crippen molar-refractivity contribution < 1.29 is 19.1 Å². The van der Waals surface area contributed by atoms with Crippen molar-refractivity contribution in [1.29, 1.82) is 0 Å². The van der Waals surface area contributed by atoms with Gasteiger partial charge in [0.15, 0.2) is 11.5 Å². The topological polar surface area (TPSA) is 82.8 Å². The summed E-state index contributed by atoms with van der Waals surface area (Å²) in [5.74, 6) is 0.703. The van der Waals surface area contributed by atoms with E-state index >= 15 is 0 Å². The molecule has 0 atom stereocenters. The summed E-state index contributed by atoms with van der Waals surface area (Å²) in [4.78, 5) is 15.3. The van der Waals surface area contributed by atoms with Gasteiger partial charge in [0.2, 0.25) is 5.91 Å². The first kappa shape index (κ1) is 14.7. The lowest BCUT2D eigenvalue weighted by Gasteiger charge is -2.12. The van der Waals surface area contributed by atoms with Crippen molar-refractivity contribution in [3.05, 3.63) is 22.2 Å². The van der Waals surface area contributed by atoms with Crippen LogP contribution in [0.5, 0.6) is 11.5 Å². The van der Waals surface area contributed by atoms with E-state index in [4.69, 9.17) is 20.0 Å². The number of carbonyl (C=O) groups is 1. The van der Waals surface area contributed by atoms with E-state index in [0.717, 1.165) is 10.0 Å². The third kappa shape index (κ3) is 4.17. The maximum Gasteiger partial charge on any atom is 0.245 e. The molecule has 0 spiro atoms. The van der Waals surface area contributed by atoms with E-state index in [2.05, 4.69) is 21.4 Å². The van der Waals surface area contributed by atoms with Crippen molar-refractivity contribution in [2.75, 3.05) is 20.8 Å². The quantitative estimate of drug-likeness (QED) is 0.578. The number of carbonyl (C=O) groups excluding carboxylic acids is 1. The van der Waals surface area contributed by atoms with Gasteiger partial charge in [-0.15, -0.1) is 0 Å². The Bertz CT molecular complexity index is 426. The first-order chi connectivity index (χ1) is 8.58. The Morgan fingerprint density at radius 1 is 1.39 bits per heavy atom. The van der Waals surface area contributed by atoms with Crippen LogP contribution in [0.4, 0.5) is 0 Å². The van der Waals surface area contributed by atoms with Crippen LogP contribution in [-0.4, -0.2) is 26.7 Å². The van der Waals surface area contributed by atoms with Crippen molar-refractivity contribution in [2.45, 2.75) is 6.54 Å². The number of rotatable bonds is 7. The number of halogens is 1. The third-order valence-electron chi connectivity index (χ3n) is 2.09. The smallest absolute Gasteiger partial charge is 0.245 e. The first-order valence-electron chi connectivity index (χ1n) is 5.11. The summed E-state index contributed by atoms with van der Waals surface area (Å²) >= 11 is 3.38. The largest absolute Gasteiger partial charge is 0.493 e. The van der Waals surface area contributed by atoms with Crippen LogP contribution in [0.25, 0.3) is 0 Å². The summed E-state index contributed by atoms with van der Waals surface area (Å²) in [7, 11) is 3.13. The van der Waals surface area contributed by atoms with Crippen LogP contribution in [0.2, 0.25) is 0 Å². The molecule has 1 amide bonds. The Morgan fingerprint density at radius 3 is 2.67 bits per heavy atom. The molecular formula is C11H15BrN2O4. The van der Waals surface area contributed by atoms with E-state index in [1.54, 1.807) is 14.2 Å². The molecule has 1 rings (SSSR count). The third-order valence-corrected chi connectivity index (χ3v) is 2.68.